The van der Waals surface area contributed by atoms with Crippen molar-refractivity contribution in [3.63, 3.8) is 0 Å². The van der Waals surface area contributed by atoms with Crippen LogP contribution in [0.15, 0.2) is 91.1 Å². The van der Waals surface area contributed by atoms with E-state index in [1.807, 2.05) is 67.8 Å². The second-order valence-electron chi connectivity index (χ2n) is 7.22. The van der Waals surface area contributed by atoms with Gasteiger partial charge in [0.1, 0.15) is 11.5 Å². The van der Waals surface area contributed by atoms with Crippen LogP contribution in [-0.2, 0) is 7.05 Å². The van der Waals surface area contributed by atoms with E-state index in [0.717, 1.165) is 33.7 Å². The van der Waals surface area contributed by atoms with Gasteiger partial charge in [0, 0.05) is 24.5 Å². The number of hydrogen-bond donors (Lipinski definition) is 2. The van der Waals surface area contributed by atoms with Gasteiger partial charge in [0.05, 0.1) is 11.0 Å². The SMILES string of the molecule is Cn1cccc1C(=O)Nc1ccc(-c2nc3ccc(-c4ccccc4)cc3[nH]2)cc1. The molecular weight excluding hydrogens is 372 g/mol. The number of carbonyl (C=O) groups is 1. The van der Waals surface area contributed by atoms with Crippen LogP contribution in [0.25, 0.3) is 33.5 Å². The molecule has 0 saturated heterocycles. The quantitative estimate of drug-likeness (QED) is 0.425. The summed E-state index contributed by atoms with van der Waals surface area (Å²) in [6.45, 7) is 0. The van der Waals surface area contributed by atoms with Gasteiger partial charge in [-0.05, 0) is 59.7 Å². The number of aryl methyl sites for hydroxylation is 1. The van der Waals surface area contributed by atoms with E-state index in [2.05, 4.69) is 34.6 Å². The molecule has 0 aliphatic carbocycles. The van der Waals surface area contributed by atoms with Gasteiger partial charge in [-0.25, -0.2) is 4.98 Å². The number of hydrogen-bond acceptors (Lipinski definition) is 2. The number of rotatable bonds is 4. The molecule has 0 fully saturated rings. The molecule has 5 aromatic rings. The molecule has 5 rings (SSSR count). The standard InChI is InChI=1S/C25H20N4O/c1-29-15-5-8-23(29)25(30)26-20-12-9-18(10-13-20)24-27-21-14-11-19(16-22(21)28-24)17-6-3-2-4-7-17/h2-16H,1H3,(H,26,30)(H,27,28). The van der Waals surface area contributed by atoms with E-state index in [9.17, 15) is 4.79 Å². The van der Waals surface area contributed by atoms with Gasteiger partial charge in [-0.2, -0.15) is 0 Å². The van der Waals surface area contributed by atoms with Crippen LogP contribution >= 0.6 is 0 Å². The number of aromatic amines is 1. The van der Waals surface area contributed by atoms with E-state index in [1.54, 1.807) is 10.6 Å². The van der Waals surface area contributed by atoms with Crippen LogP contribution in [0.1, 0.15) is 10.5 Å². The van der Waals surface area contributed by atoms with Gasteiger partial charge in [-0.1, -0.05) is 36.4 Å². The first kappa shape index (κ1) is 17.9. The first-order valence-electron chi connectivity index (χ1n) is 9.76. The largest absolute Gasteiger partial charge is 0.347 e. The fourth-order valence-electron chi connectivity index (χ4n) is 3.56. The summed E-state index contributed by atoms with van der Waals surface area (Å²) >= 11 is 0. The zero-order valence-electron chi connectivity index (χ0n) is 16.5. The Morgan fingerprint density at radius 1 is 0.867 bits per heavy atom. The highest BCUT2D eigenvalue weighted by atomic mass is 16.1. The minimum Gasteiger partial charge on any atom is -0.347 e. The number of amides is 1. The van der Waals surface area contributed by atoms with Crippen molar-refractivity contribution in [1.82, 2.24) is 14.5 Å². The van der Waals surface area contributed by atoms with Crippen LogP contribution in [-0.4, -0.2) is 20.4 Å². The number of carbonyl (C=O) groups excluding carboxylic acids is 1. The number of H-pyrrole nitrogens is 1. The van der Waals surface area contributed by atoms with Gasteiger partial charge >= 0.3 is 0 Å². The predicted molar refractivity (Wildman–Crippen MR) is 120 cm³/mol. The van der Waals surface area contributed by atoms with Crippen molar-refractivity contribution < 1.29 is 4.79 Å². The average molecular weight is 392 g/mol. The Kier molecular flexibility index (Phi) is 4.41. The summed E-state index contributed by atoms with van der Waals surface area (Å²) in [5.74, 6) is 0.669. The van der Waals surface area contributed by atoms with E-state index in [4.69, 9.17) is 4.98 Å². The normalized spacial score (nSPS) is 11.0. The molecule has 30 heavy (non-hydrogen) atoms. The maximum absolute atomic E-state index is 12.4. The van der Waals surface area contributed by atoms with Crippen molar-refractivity contribution in [2.24, 2.45) is 7.05 Å². The molecule has 146 valence electrons. The fraction of sp³-hybridized carbons (Fsp3) is 0.0400. The summed E-state index contributed by atoms with van der Waals surface area (Å²) < 4.78 is 1.79. The number of nitrogens with one attached hydrogen (secondary N) is 2. The molecule has 0 unspecified atom stereocenters. The highest BCUT2D eigenvalue weighted by molar-refractivity contribution is 6.03. The molecule has 2 aromatic heterocycles. The van der Waals surface area contributed by atoms with Crippen molar-refractivity contribution in [3.05, 3.63) is 96.8 Å². The Labute approximate surface area is 174 Å². The molecule has 0 aliphatic rings. The molecule has 5 nitrogen and oxygen atoms in total. The molecule has 5 heteroatoms. The van der Waals surface area contributed by atoms with Gasteiger partial charge in [0.2, 0.25) is 0 Å². The summed E-state index contributed by atoms with van der Waals surface area (Å²) in [6.07, 6.45) is 1.85. The third-order valence-electron chi connectivity index (χ3n) is 5.18. The van der Waals surface area contributed by atoms with Crippen molar-refractivity contribution >= 4 is 22.6 Å². The van der Waals surface area contributed by atoms with Crippen LogP contribution in [0.4, 0.5) is 5.69 Å². The van der Waals surface area contributed by atoms with Gasteiger partial charge < -0.3 is 14.9 Å². The van der Waals surface area contributed by atoms with E-state index in [-0.39, 0.29) is 5.91 Å². The fourth-order valence-corrected chi connectivity index (χ4v) is 3.56. The lowest BCUT2D eigenvalue weighted by atomic mass is 10.1. The Hall–Kier alpha value is -4.12. The van der Waals surface area contributed by atoms with Crippen molar-refractivity contribution in [2.45, 2.75) is 0 Å². The summed E-state index contributed by atoms with van der Waals surface area (Å²) in [4.78, 5) is 20.5. The highest BCUT2D eigenvalue weighted by Gasteiger charge is 2.10. The van der Waals surface area contributed by atoms with E-state index in [0.29, 0.717) is 5.69 Å². The molecular formula is C25H20N4O. The third kappa shape index (κ3) is 3.37. The summed E-state index contributed by atoms with van der Waals surface area (Å²) in [5, 5.41) is 2.93. The van der Waals surface area contributed by atoms with E-state index in [1.165, 1.54) is 5.56 Å². The molecule has 3 aromatic carbocycles. The summed E-state index contributed by atoms with van der Waals surface area (Å²) in [5.41, 5.74) is 6.56. The molecule has 2 heterocycles. The molecule has 0 radical (unpaired) electrons. The Morgan fingerprint density at radius 2 is 1.63 bits per heavy atom. The van der Waals surface area contributed by atoms with Gasteiger partial charge in [0.25, 0.3) is 5.91 Å². The maximum atomic E-state index is 12.4. The third-order valence-corrected chi connectivity index (χ3v) is 5.18. The van der Waals surface area contributed by atoms with E-state index >= 15 is 0 Å². The number of anilines is 1. The summed E-state index contributed by atoms with van der Waals surface area (Å²) in [7, 11) is 1.85. The van der Waals surface area contributed by atoms with Crippen LogP contribution in [0.5, 0.6) is 0 Å². The lowest BCUT2D eigenvalue weighted by Crippen LogP contribution is -2.15. The first-order chi connectivity index (χ1) is 14.7. The molecule has 1 amide bonds. The molecule has 0 bridgehead atoms. The number of benzene rings is 3. The van der Waals surface area contributed by atoms with Crippen LogP contribution in [0, 0.1) is 0 Å². The number of fused-ring (bicyclic) bond motifs is 1. The summed E-state index contributed by atoms with van der Waals surface area (Å²) in [6, 6.07) is 27.9. The van der Waals surface area contributed by atoms with Gasteiger partial charge in [0.15, 0.2) is 0 Å². The minimum absolute atomic E-state index is 0.132. The van der Waals surface area contributed by atoms with Crippen molar-refractivity contribution in [2.75, 3.05) is 5.32 Å². The highest BCUT2D eigenvalue weighted by Crippen LogP contribution is 2.26. The second kappa shape index (κ2) is 7.37. The van der Waals surface area contributed by atoms with Crippen molar-refractivity contribution in [1.29, 1.82) is 0 Å². The number of nitrogens with zero attached hydrogens (tertiary/aromatic N) is 2. The average Bonchev–Trinajstić information content (AvgIpc) is 3.40. The Morgan fingerprint density at radius 3 is 2.37 bits per heavy atom. The van der Waals surface area contributed by atoms with Gasteiger partial charge in [-0.3, -0.25) is 4.79 Å². The van der Waals surface area contributed by atoms with Crippen LogP contribution in [0.2, 0.25) is 0 Å². The zero-order valence-corrected chi connectivity index (χ0v) is 16.5. The monoisotopic (exact) mass is 392 g/mol. The smallest absolute Gasteiger partial charge is 0.272 e. The minimum atomic E-state index is -0.132. The molecule has 2 N–H and O–H groups in total. The topological polar surface area (TPSA) is 62.7 Å². The predicted octanol–water partition coefficient (Wildman–Crippen LogP) is 5.49. The maximum Gasteiger partial charge on any atom is 0.272 e. The lowest BCUT2D eigenvalue weighted by molar-refractivity contribution is 0.101. The molecule has 0 atom stereocenters. The van der Waals surface area contributed by atoms with E-state index < -0.39 is 0 Å². The lowest BCUT2D eigenvalue weighted by Gasteiger charge is -2.06. The Bertz CT molecular complexity index is 1330. The molecule has 0 aliphatic heterocycles. The first-order valence-corrected chi connectivity index (χ1v) is 9.76. The zero-order chi connectivity index (χ0) is 20.5. The van der Waals surface area contributed by atoms with Gasteiger partial charge in [-0.15, -0.1) is 0 Å². The molecule has 0 saturated carbocycles. The second-order valence-corrected chi connectivity index (χ2v) is 7.22. The van der Waals surface area contributed by atoms with Crippen LogP contribution < -0.4 is 5.32 Å². The van der Waals surface area contributed by atoms with Crippen LogP contribution in [0.3, 0.4) is 0 Å². The number of aromatic nitrogens is 3. The van der Waals surface area contributed by atoms with Crippen molar-refractivity contribution in [3.8, 4) is 22.5 Å². The molecule has 0 spiro atoms. The number of imidazole rings is 1. The Balaban J connectivity index is 1.39.